The number of benzene rings is 2. The summed E-state index contributed by atoms with van der Waals surface area (Å²) in [5.41, 5.74) is 11.3. The molecule has 0 aromatic heterocycles. The van der Waals surface area contributed by atoms with Crippen molar-refractivity contribution in [3.8, 4) is 0 Å². The fourth-order valence-corrected chi connectivity index (χ4v) is 2.06. The predicted molar refractivity (Wildman–Crippen MR) is 90.8 cm³/mol. The van der Waals surface area contributed by atoms with Crippen LogP contribution in [0, 0.1) is 5.92 Å². The van der Waals surface area contributed by atoms with Crippen LogP contribution < -0.4 is 11.2 Å². The van der Waals surface area contributed by atoms with E-state index in [1.54, 1.807) is 24.3 Å². The van der Waals surface area contributed by atoms with Gasteiger partial charge in [0.05, 0.1) is 5.71 Å². The van der Waals surface area contributed by atoms with E-state index in [9.17, 15) is 4.79 Å². The summed E-state index contributed by atoms with van der Waals surface area (Å²) in [6.07, 6.45) is 0.798. The summed E-state index contributed by atoms with van der Waals surface area (Å²) in [6.45, 7) is 4.25. The SMILES string of the molecule is CC(C)C/C(=N\NC(=O)c1ccc(N)cc1)c1ccccc1. The molecule has 1 amide bonds. The summed E-state index contributed by atoms with van der Waals surface area (Å²) in [5, 5.41) is 4.32. The number of nitrogens with two attached hydrogens (primary N) is 1. The molecule has 22 heavy (non-hydrogen) atoms. The van der Waals surface area contributed by atoms with E-state index in [0.717, 1.165) is 17.7 Å². The highest BCUT2D eigenvalue weighted by Crippen LogP contribution is 2.10. The Labute approximate surface area is 131 Å². The van der Waals surface area contributed by atoms with Gasteiger partial charge in [0.2, 0.25) is 0 Å². The van der Waals surface area contributed by atoms with Crippen LogP contribution in [0.1, 0.15) is 36.2 Å². The molecule has 0 fully saturated rings. The third-order valence-electron chi connectivity index (χ3n) is 3.17. The highest BCUT2D eigenvalue weighted by molar-refractivity contribution is 6.02. The molecule has 0 radical (unpaired) electrons. The second-order valence-corrected chi connectivity index (χ2v) is 5.59. The molecule has 2 rings (SSSR count). The lowest BCUT2D eigenvalue weighted by atomic mass is 10.0. The molecule has 0 heterocycles. The Morgan fingerprint density at radius 1 is 1.05 bits per heavy atom. The summed E-state index contributed by atoms with van der Waals surface area (Å²) < 4.78 is 0. The highest BCUT2D eigenvalue weighted by Gasteiger charge is 2.08. The molecule has 0 unspecified atom stereocenters. The van der Waals surface area contributed by atoms with Gasteiger partial charge >= 0.3 is 0 Å². The van der Waals surface area contributed by atoms with Crippen molar-refractivity contribution < 1.29 is 4.79 Å². The molecule has 4 heteroatoms. The number of nitrogens with zero attached hydrogens (tertiary/aromatic N) is 1. The van der Waals surface area contributed by atoms with Gasteiger partial charge < -0.3 is 5.73 Å². The maximum Gasteiger partial charge on any atom is 0.271 e. The number of amides is 1. The van der Waals surface area contributed by atoms with E-state index in [-0.39, 0.29) is 5.91 Å². The van der Waals surface area contributed by atoms with Crippen LogP contribution in [0.4, 0.5) is 5.69 Å². The fourth-order valence-electron chi connectivity index (χ4n) is 2.06. The first-order valence-corrected chi connectivity index (χ1v) is 7.34. The van der Waals surface area contributed by atoms with Gasteiger partial charge in [-0.3, -0.25) is 4.79 Å². The first-order chi connectivity index (χ1) is 10.6. The molecule has 4 nitrogen and oxygen atoms in total. The van der Waals surface area contributed by atoms with Gasteiger partial charge in [-0.2, -0.15) is 5.10 Å². The number of anilines is 1. The van der Waals surface area contributed by atoms with Gasteiger partial charge in [0.25, 0.3) is 5.91 Å². The maximum atomic E-state index is 12.1. The molecule has 0 aliphatic heterocycles. The first-order valence-electron chi connectivity index (χ1n) is 7.34. The molecular weight excluding hydrogens is 274 g/mol. The first kappa shape index (κ1) is 15.8. The molecule has 114 valence electrons. The van der Waals surface area contributed by atoms with E-state index in [1.165, 1.54) is 0 Å². The van der Waals surface area contributed by atoms with Gasteiger partial charge in [0.15, 0.2) is 0 Å². The third kappa shape index (κ3) is 4.45. The normalized spacial score (nSPS) is 11.5. The van der Waals surface area contributed by atoms with Crippen LogP contribution in [0.3, 0.4) is 0 Å². The number of hydrazone groups is 1. The highest BCUT2D eigenvalue weighted by atomic mass is 16.2. The number of nitrogens with one attached hydrogen (secondary N) is 1. The summed E-state index contributed by atoms with van der Waals surface area (Å²) in [4.78, 5) is 12.1. The Balaban J connectivity index is 2.15. The second kappa shape index (κ2) is 7.41. The van der Waals surface area contributed by atoms with E-state index < -0.39 is 0 Å². The molecule has 0 saturated carbocycles. The Bertz CT molecular complexity index is 646. The van der Waals surface area contributed by atoms with Gasteiger partial charge in [-0.15, -0.1) is 0 Å². The maximum absolute atomic E-state index is 12.1. The topological polar surface area (TPSA) is 67.5 Å². The average Bonchev–Trinajstić information content (AvgIpc) is 2.52. The van der Waals surface area contributed by atoms with Gasteiger partial charge in [0, 0.05) is 11.3 Å². The number of hydrogen-bond donors (Lipinski definition) is 2. The van der Waals surface area contributed by atoms with Crippen LogP contribution in [0.25, 0.3) is 0 Å². The van der Waals surface area contributed by atoms with Gasteiger partial charge in [-0.05, 0) is 42.2 Å². The molecule has 3 N–H and O–H groups in total. The van der Waals surface area contributed by atoms with Crippen molar-refractivity contribution in [2.45, 2.75) is 20.3 Å². The van der Waals surface area contributed by atoms with Crippen molar-refractivity contribution in [1.29, 1.82) is 0 Å². The molecule has 2 aromatic rings. The summed E-state index contributed by atoms with van der Waals surface area (Å²) in [5.74, 6) is 0.213. The van der Waals surface area contributed by atoms with Crippen molar-refractivity contribution in [1.82, 2.24) is 5.43 Å². The largest absolute Gasteiger partial charge is 0.399 e. The summed E-state index contributed by atoms with van der Waals surface area (Å²) in [6, 6.07) is 16.7. The van der Waals surface area contributed by atoms with Crippen LogP contribution in [0.2, 0.25) is 0 Å². The lowest BCUT2D eigenvalue weighted by Gasteiger charge is -2.10. The zero-order chi connectivity index (χ0) is 15.9. The molecule has 0 bridgehead atoms. The number of carbonyl (C=O) groups excluding carboxylic acids is 1. The Hall–Kier alpha value is -2.62. The zero-order valence-electron chi connectivity index (χ0n) is 12.9. The smallest absolute Gasteiger partial charge is 0.271 e. The molecule has 0 aliphatic carbocycles. The fraction of sp³-hybridized carbons (Fsp3) is 0.222. The van der Waals surface area contributed by atoms with Crippen molar-refractivity contribution >= 4 is 17.3 Å². The average molecular weight is 295 g/mol. The lowest BCUT2D eigenvalue weighted by Crippen LogP contribution is -2.20. The van der Waals surface area contributed by atoms with Gasteiger partial charge in [-0.25, -0.2) is 5.43 Å². The molecule has 2 aromatic carbocycles. The van der Waals surface area contributed by atoms with Crippen LogP contribution in [-0.2, 0) is 0 Å². The third-order valence-corrected chi connectivity index (χ3v) is 3.17. The molecule has 0 spiro atoms. The number of rotatable bonds is 5. The minimum atomic E-state index is -0.239. The quantitative estimate of drug-likeness (QED) is 0.504. The zero-order valence-corrected chi connectivity index (χ0v) is 12.9. The predicted octanol–water partition coefficient (Wildman–Crippen LogP) is 3.45. The van der Waals surface area contributed by atoms with Crippen LogP contribution in [0.5, 0.6) is 0 Å². The standard InChI is InChI=1S/C18H21N3O/c1-13(2)12-17(14-6-4-3-5-7-14)20-21-18(22)15-8-10-16(19)11-9-15/h3-11,13H,12,19H2,1-2H3,(H,21,22)/b20-17+. The minimum Gasteiger partial charge on any atom is -0.399 e. The second-order valence-electron chi connectivity index (χ2n) is 5.59. The van der Waals surface area contributed by atoms with Gasteiger partial charge in [-0.1, -0.05) is 44.2 Å². The lowest BCUT2D eigenvalue weighted by molar-refractivity contribution is 0.0954. The summed E-state index contributed by atoms with van der Waals surface area (Å²) >= 11 is 0. The number of nitrogen functional groups attached to an aromatic ring is 1. The number of hydrogen-bond acceptors (Lipinski definition) is 3. The van der Waals surface area contributed by atoms with E-state index in [4.69, 9.17) is 5.73 Å². The Kier molecular flexibility index (Phi) is 5.31. The Morgan fingerprint density at radius 2 is 1.68 bits per heavy atom. The van der Waals surface area contributed by atoms with Crippen LogP contribution in [-0.4, -0.2) is 11.6 Å². The molecule has 0 saturated heterocycles. The van der Waals surface area contributed by atoms with E-state index >= 15 is 0 Å². The van der Waals surface area contributed by atoms with Crippen LogP contribution in [0.15, 0.2) is 59.7 Å². The Morgan fingerprint density at radius 3 is 2.27 bits per heavy atom. The number of carbonyl (C=O) groups is 1. The molecular formula is C18H21N3O. The van der Waals surface area contributed by atoms with Crippen molar-refractivity contribution in [3.05, 3.63) is 65.7 Å². The van der Waals surface area contributed by atoms with Crippen LogP contribution >= 0.6 is 0 Å². The van der Waals surface area contributed by atoms with Crippen molar-refractivity contribution in [3.63, 3.8) is 0 Å². The summed E-state index contributed by atoms with van der Waals surface area (Å²) in [7, 11) is 0. The minimum absolute atomic E-state index is 0.239. The van der Waals surface area contributed by atoms with E-state index in [0.29, 0.717) is 17.2 Å². The van der Waals surface area contributed by atoms with Crippen molar-refractivity contribution in [2.75, 3.05) is 5.73 Å². The monoisotopic (exact) mass is 295 g/mol. The van der Waals surface area contributed by atoms with E-state index in [1.807, 2.05) is 30.3 Å². The van der Waals surface area contributed by atoms with E-state index in [2.05, 4.69) is 24.4 Å². The van der Waals surface area contributed by atoms with Crippen molar-refractivity contribution in [2.24, 2.45) is 11.0 Å². The molecule has 0 aliphatic rings. The van der Waals surface area contributed by atoms with Gasteiger partial charge in [0.1, 0.15) is 0 Å². The molecule has 0 atom stereocenters.